The van der Waals surface area contributed by atoms with Gasteiger partial charge in [-0.2, -0.15) is 17.3 Å². The summed E-state index contributed by atoms with van der Waals surface area (Å²) < 4.78 is 77.6. The van der Waals surface area contributed by atoms with Gasteiger partial charge in [0.2, 0.25) is 23.4 Å². The Labute approximate surface area is 441 Å². The maximum absolute atomic E-state index is 13.5. The van der Waals surface area contributed by atoms with E-state index in [-0.39, 0.29) is 64.1 Å². The lowest BCUT2D eigenvalue weighted by Crippen LogP contribution is -2.52. The first-order chi connectivity index (χ1) is 35.5. The second-order valence-corrected chi connectivity index (χ2v) is 23.4. The van der Waals surface area contributed by atoms with Crippen LogP contribution in [0.5, 0.6) is 0 Å². The summed E-state index contributed by atoms with van der Waals surface area (Å²) in [6, 6.07) is 8.62. The number of carbonyl (C=O) groups excluding carboxylic acids is 6. The number of amides is 5. The average molecular weight is 1100 g/mol. The molecule has 5 amide bonds. The second-order valence-electron chi connectivity index (χ2n) is 19.7. The highest BCUT2D eigenvalue weighted by atomic mass is 32.2. The number of rotatable bonds is 16. The lowest BCUT2D eigenvalue weighted by Gasteiger charge is -2.30. The van der Waals surface area contributed by atoms with Crippen LogP contribution in [0.4, 0.5) is 11.4 Å². The molecule has 4 N–H and O–H groups in total. The molecule has 6 rings (SSSR count). The molecule has 25 heteroatoms. The summed E-state index contributed by atoms with van der Waals surface area (Å²) in [6.07, 6.45) is 10.7. The van der Waals surface area contributed by atoms with E-state index in [2.05, 4.69) is 43.7 Å². The molecule has 0 radical (unpaired) electrons. The number of anilines is 1. The molecule has 2 atom stereocenters. The van der Waals surface area contributed by atoms with Crippen molar-refractivity contribution in [3.8, 4) is 0 Å². The van der Waals surface area contributed by atoms with E-state index in [9.17, 15) is 60.0 Å². The third kappa shape index (κ3) is 15.5. The van der Waals surface area contributed by atoms with Crippen LogP contribution in [0.3, 0.4) is 0 Å². The minimum atomic E-state index is -4.90. The van der Waals surface area contributed by atoms with E-state index in [0.717, 1.165) is 29.0 Å². The van der Waals surface area contributed by atoms with Crippen molar-refractivity contribution in [2.45, 2.75) is 150 Å². The lowest BCUT2D eigenvalue weighted by atomic mass is 9.77. The summed E-state index contributed by atoms with van der Waals surface area (Å²) in [5.74, 6) is -3.68. The molecule has 2 unspecified atom stereocenters. The van der Waals surface area contributed by atoms with Crippen LogP contribution in [0, 0.1) is 0 Å². The predicted octanol–water partition coefficient (Wildman–Crippen LogP) is 4.10. The number of hydrogen-bond acceptors (Lipinski definition) is 17. The van der Waals surface area contributed by atoms with Crippen molar-refractivity contribution in [3.63, 3.8) is 0 Å². The van der Waals surface area contributed by atoms with Crippen molar-refractivity contribution in [2.24, 2.45) is 0 Å². The number of hydroxylamine groups is 2. The summed E-state index contributed by atoms with van der Waals surface area (Å²) in [5.41, 5.74) is 2.94. The average Bonchev–Trinajstić information content (AvgIpc) is 3.87. The molecular weight excluding hydrogens is 1040 g/mol. The SMILES string of the molecule is CC1(C)C2=[N+](CCCCCC(=O)NCC(C(=O)NCCCCCC(=O)ON3C(=O)CCC3=O)NC(=O)CCCCCC3(C)/C(=C/C=C/2)N(CCCS(=O)(=O)O)c2ccc(S(=O)(=O)[O-])cc23)c2ccc(SOO[O-])cc21. The maximum Gasteiger partial charge on any atom is 0.333 e. The number of fused-ring (bicyclic) bond motifs is 5. The van der Waals surface area contributed by atoms with Crippen molar-refractivity contribution >= 4 is 84.9 Å². The number of nitrogens with one attached hydrogen (secondary N) is 3. The number of nitrogens with zero attached hydrogens (tertiary/aromatic N) is 3. The molecule has 4 aliphatic heterocycles. The van der Waals surface area contributed by atoms with Crippen LogP contribution in [-0.4, -0.2) is 115 Å². The van der Waals surface area contributed by atoms with Gasteiger partial charge in [0.05, 0.1) is 28.1 Å². The molecule has 1 saturated heterocycles. The molecule has 2 aromatic rings. The van der Waals surface area contributed by atoms with Gasteiger partial charge in [0.25, 0.3) is 21.9 Å². The molecule has 2 aromatic carbocycles. The molecule has 4 aliphatic rings. The first kappa shape index (κ1) is 58.7. The van der Waals surface area contributed by atoms with Crippen LogP contribution >= 0.6 is 12.0 Å². The van der Waals surface area contributed by atoms with Gasteiger partial charge in [-0.1, -0.05) is 25.3 Å². The van der Waals surface area contributed by atoms with Gasteiger partial charge >= 0.3 is 5.97 Å². The van der Waals surface area contributed by atoms with Crippen LogP contribution in [0.1, 0.15) is 135 Å². The maximum atomic E-state index is 13.5. The Kier molecular flexibility index (Phi) is 20.4. The number of imide groups is 1. The van der Waals surface area contributed by atoms with Crippen LogP contribution < -0.4 is 26.1 Å². The minimum Gasteiger partial charge on any atom is -0.744 e. The number of benzene rings is 2. The van der Waals surface area contributed by atoms with E-state index >= 15 is 0 Å². The fourth-order valence-electron chi connectivity index (χ4n) is 9.99. The van der Waals surface area contributed by atoms with Gasteiger partial charge in [0.15, 0.2) is 5.71 Å². The van der Waals surface area contributed by atoms with Gasteiger partial charge in [0.1, 0.15) is 22.7 Å². The zero-order valence-corrected chi connectivity index (χ0v) is 44.7. The quantitative estimate of drug-likeness (QED) is 0.0350. The fourth-order valence-corrected chi connectivity index (χ4v) is 11.4. The Balaban J connectivity index is 1.24. The highest BCUT2D eigenvalue weighted by molar-refractivity contribution is 7.94. The first-order valence-electron chi connectivity index (χ1n) is 25.1. The Hall–Kier alpha value is -5.54. The third-order valence-corrected chi connectivity index (χ3v) is 16.1. The molecule has 0 saturated carbocycles. The molecule has 410 valence electrons. The largest absolute Gasteiger partial charge is 0.744 e. The summed E-state index contributed by atoms with van der Waals surface area (Å²) >= 11 is 0.771. The van der Waals surface area contributed by atoms with Crippen LogP contribution in [0.25, 0.3) is 0 Å². The second kappa shape index (κ2) is 26.0. The summed E-state index contributed by atoms with van der Waals surface area (Å²) in [4.78, 5) is 82.8. The van der Waals surface area contributed by atoms with Gasteiger partial charge in [-0.25, -0.2) is 13.2 Å². The highest BCUT2D eigenvalue weighted by Gasteiger charge is 2.46. The predicted molar refractivity (Wildman–Crippen MR) is 270 cm³/mol. The smallest absolute Gasteiger partial charge is 0.333 e. The van der Waals surface area contributed by atoms with Gasteiger partial charge in [-0.3, -0.25) is 33.6 Å². The first-order valence-corrected chi connectivity index (χ1v) is 28.8. The van der Waals surface area contributed by atoms with Gasteiger partial charge in [0, 0.05) is 97.6 Å². The van der Waals surface area contributed by atoms with E-state index in [1.807, 2.05) is 42.2 Å². The zero-order valence-electron chi connectivity index (χ0n) is 42.3. The van der Waals surface area contributed by atoms with Crippen molar-refractivity contribution in [2.75, 3.05) is 36.8 Å². The Bertz CT molecular complexity index is 2800. The summed E-state index contributed by atoms with van der Waals surface area (Å²) in [7, 11) is -9.24. The van der Waals surface area contributed by atoms with Gasteiger partial charge < -0.3 is 35.5 Å². The zero-order chi connectivity index (χ0) is 54.6. The summed E-state index contributed by atoms with van der Waals surface area (Å²) in [6.45, 7) is 6.68. The van der Waals surface area contributed by atoms with E-state index < -0.39 is 77.4 Å². The number of allylic oxidation sites excluding steroid dienone is 4. The Morgan fingerprint density at radius 2 is 1.60 bits per heavy atom. The van der Waals surface area contributed by atoms with E-state index in [4.69, 9.17) is 4.84 Å². The normalized spacial score (nSPS) is 22.3. The Morgan fingerprint density at radius 3 is 2.31 bits per heavy atom. The highest BCUT2D eigenvalue weighted by Crippen LogP contribution is 2.52. The van der Waals surface area contributed by atoms with Crippen LogP contribution in [0.15, 0.2) is 70.1 Å². The molecule has 1 fully saturated rings. The third-order valence-electron chi connectivity index (χ3n) is 13.9. The Morgan fingerprint density at radius 1 is 0.880 bits per heavy atom. The van der Waals surface area contributed by atoms with Gasteiger partial charge in [-0.05, 0) is 108 Å². The molecule has 0 aromatic heterocycles. The number of carbonyl (C=O) groups is 6. The molecule has 75 heavy (non-hydrogen) atoms. The van der Waals surface area contributed by atoms with E-state index in [0.29, 0.717) is 97.7 Å². The van der Waals surface area contributed by atoms with E-state index in [1.54, 1.807) is 6.07 Å². The van der Waals surface area contributed by atoms with Crippen LogP contribution in [0.2, 0.25) is 0 Å². The molecular formula is C50H65N6O16S3-. The number of hydrogen-bond donors (Lipinski definition) is 4. The minimum absolute atomic E-state index is 0.00785. The molecule has 0 aliphatic carbocycles. The molecule has 22 nitrogen and oxygen atoms in total. The van der Waals surface area contributed by atoms with Crippen molar-refractivity contribution in [3.05, 3.63) is 71.5 Å². The van der Waals surface area contributed by atoms with Crippen molar-refractivity contribution in [1.82, 2.24) is 21.0 Å². The molecule has 0 spiro atoms. The van der Waals surface area contributed by atoms with Crippen molar-refractivity contribution in [1.29, 1.82) is 0 Å². The molecule has 4 heterocycles. The van der Waals surface area contributed by atoms with Gasteiger partial charge in [-0.15, -0.1) is 5.06 Å². The monoisotopic (exact) mass is 1100 g/mol. The fraction of sp³-hybridized carbons (Fsp3) is 0.540. The number of unbranched alkanes of at least 4 members (excludes halogenated alkanes) is 2. The van der Waals surface area contributed by atoms with Crippen molar-refractivity contribution < 1.29 is 78.8 Å². The van der Waals surface area contributed by atoms with Crippen LogP contribution in [-0.2, 0) is 74.0 Å². The lowest BCUT2D eigenvalue weighted by molar-refractivity contribution is -0.777. The standard InChI is InChI=1S/C50H66N6O16S3/c1-49(2)36-31-34(73-72-71-63)20-22-39(36)54-28-12-6-8-17-43(57)52-33-38(48(62)51-27-11-5-9-19-47(61)70-56-45(59)24-25-46(56)60)53-44(58)18-7-4-10-26-50(3)37-32-35(75(67,68)69)21-23-40(37)55(29-14-30-74(64,65)66)42(50)16-13-15-41(49)54/h13,15-16,20-23,31-32,38H,4-12,14,17-19,24-30,33H2,1-3H3,(H5-,51,52,53,57,58,62,63,64,65,66,67,68,69)/p-1. The topological polar surface area (TPSA) is 310 Å². The van der Waals surface area contributed by atoms with E-state index in [1.165, 1.54) is 18.2 Å². The molecule has 0 bridgehead atoms. The summed E-state index contributed by atoms with van der Waals surface area (Å²) in [5, 5.41) is 23.1.